The Bertz CT molecular complexity index is 1650. The van der Waals surface area contributed by atoms with Crippen LogP contribution in [0.15, 0.2) is 54.9 Å². The molecule has 0 aliphatic rings. The normalized spacial score (nSPS) is 11.2. The van der Waals surface area contributed by atoms with E-state index in [2.05, 4.69) is 15.2 Å². The van der Waals surface area contributed by atoms with Gasteiger partial charge in [0.2, 0.25) is 12.3 Å². The minimum atomic E-state index is -4.83. The second-order valence-electron chi connectivity index (χ2n) is 9.60. The Hall–Kier alpha value is -4.85. The van der Waals surface area contributed by atoms with Gasteiger partial charge in [0.25, 0.3) is 0 Å². The minimum absolute atomic E-state index is 0.00881. The van der Waals surface area contributed by atoms with Crippen molar-refractivity contribution in [3.05, 3.63) is 77.1 Å². The second kappa shape index (κ2) is 13.2. The summed E-state index contributed by atoms with van der Waals surface area (Å²) in [5, 5.41) is 6.64. The summed E-state index contributed by atoms with van der Waals surface area (Å²) in [6.07, 6.45) is -3.19. The molecule has 2 amide bonds. The van der Waals surface area contributed by atoms with Crippen LogP contribution in [0.4, 0.5) is 34.6 Å². The Morgan fingerprint density at radius 3 is 2.48 bits per heavy atom. The van der Waals surface area contributed by atoms with E-state index in [0.717, 1.165) is 23.1 Å². The number of carbonyl (C=O) groups excluding carboxylic acids is 2. The minimum Gasteiger partial charge on any atom is -0.493 e. The van der Waals surface area contributed by atoms with Gasteiger partial charge in [-0.3, -0.25) is 14.7 Å². The smallest absolute Gasteiger partial charge is 0.416 e. The van der Waals surface area contributed by atoms with Crippen molar-refractivity contribution < 1.29 is 36.6 Å². The van der Waals surface area contributed by atoms with Crippen molar-refractivity contribution >= 4 is 41.0 Å². The first kappa shape index (κ1) is 32.1. The maximum absolute atomic E-state index is 15.4. The predicted molar refractivity (Wildman–Crippen MR) is 157 cm³/mol. The molecular weight excluding hydrogens is 608 g/mol. The molecule has 1 aromatic heterocycles. The highest BCUT2D eigenvalue weighted by molar-refractivity contribution is 6.30. The maximum Gasteiger partial charge on any atom is 0.416 e. The predicted octanol–water partition coefficient (Wildman–Crippen LogP) is 5.56. The first-order valence-corrected chi connectivity index (χ1v) is 13.2. The Labute approximate surface area is 254 Å². The van der Waals surface area contributed by atoms with Crippen molar-refractivity contribution in [1.29, 1.82) is 0 Å². The summed E-state index contributed by atoms with van der Waals surface area (Å²) < 4.78 is 68.8. The van der Waals surface area contributed by atoms with Crippen LogP contribution in [0, 0.1) is 5.82 Å². The van der Waals surface area contributed by atoms with Gasteiger partial charge in [0.15, 0.2) is 23.1 Å². The van der Waals surface area contributed by atoms with Gasteiger partial charge < -0.3 is 24.2 Å². The number of rotatable bonds is 11. The summed E-state index contributed by atoms with van der Waals surface area (Å²) in [6, 6.07) is 10.4. The number of hydrogen-bond acceptors (Lipinski definition) is 7. The van der Waals surface area contributed by atoms with Gasteiger partial charge in [-0.25, -0.2) is 9.37 Å². The molecule has 44 heavy (non-hydrogen) atoms. The molecule has 0 spiro atoms. The van der Waals surface area contributed by atoms with Gasteiger partial charge in [0.05, 0.1) is 30.6 Å². The van der Waals surface area contributed by atoms with Crippen molar-refractivity contribution in [2.24, 2.45) is 0 Å². The molecule has 0 aliphatic carbocycles. The molecule has 0 unspecified atom stereocenters. The zero-order chi connectivity index (χ0) is 32.2. The first-order valence-electron chi connectivity index (χ1n) is 12.9. The number of benzene rings is 3. The number of halogens is 5. The fourth-order valence-electron chi connectivity index (χ4n) is 4.40. The molecule has 1 heterocycles. The highest BCUT2D eigenvalue weighted by Crippen LogP contribution is 2.46. The van der Waals surface area contributed by atoms with Gasteiger partial charge in [-0.2, -0.15) is 18.3 Å². The number of nitrogens with zero attached hydrogens (tertiary/aromatic N) is 5. The van der Waals surface area contributed by atoms with Crippen LogP contribution in [-0.2, 0) is 22.4 Å². The van der Waals surface area contributed by atoms with Crippen molar-refractivity contribution in [2.75, 3.05) is 49.5 Å². The van der Waals surface area contributed by atoms with Crippen molar-refractivity contribution in [2.45, 2.75) is 12.8 Å². The average molecular weight is 635 g/mol. The van der Waals surface area contributed by atoms with E-state index in [4.69, 9.17) is 21.1 Å². The zero-order valence-electron chi connectivity index (χ0n) is 23.9. The van der Waals surface area contributed by atoms with Crippen LogP contribution in [0.5, 0.6) is 11.5 Å². The number of aromatic nitrogens is 3. The van der Waals surface area contributed by atoms with Gasteiger partial charge >= 0.3 is 6.18 Å². The molecule has 232 valence electrons. The molecule has 0 saturated heterocycles. The third kappa shape index (κ3) is 7.02. The SMILES string of the molecule is COc1cc(-c2cc(C(F)(F)F)cc(N(C)CC(=O)N(C)c3cccc(Cl)c3)c2N(C)C=O)cc(F)c1OCc1ncn[nH]1. The lowest BCUT2D eigenvalue weighted by Crippen LogP contribution is -2.37. The third-order valence-corrected chi connectivity index (χ3v) is 6.87. The lowest BCUT2D eigenvalue weighted by Gasteiger charge is -2.30. The molecule has 15 heteroatoms. The van der Waals surface area contributed by atoms with Crippen LogP contribution in [0.25, 0.3) is 11.1 Å². The molecule has 4 aromatic rings. The first-order chi connectivity index (χ1) is 20.8. The van der Waals surface area contributed by atoms with Crippen LogP contribution in [0.3, 0.4) is 0 Å². The molecule has 0 aliphatic heterocycles. The fraction of sp³-hybridized carbons (Fsp3) is 0.241. The van der Waals surface area contributed by atoms with E-state index >= 15 is 4.39 Å². The van der Waals surface area contributed by atoms with Gasteiger partial charge in [-0.05, 0) is 48.0 Å². The number of hydrogen-bond donors (Lipinski definition) is 1. The number of nitrogens with one attached hydrogen (secondary N) is 1. The van der Waals surface area contributed by atoms with E-state index in [-0.39, 0.29) is 47.2 Å². The zero-order valence-corrected chi connectivity index (χ0v) is 24.7. The number of alkyl halides is 3. The van der Waals surface area contributed by atoms with E-state index in [1.807, 2.05) is 0 Å². The summed E-state index contributed by atoms with van der Waals surface area (Å²) >= 11 is 6.04. The number of ether oxygens (including phenoxy) is 2. The largest absolute Gasteiger partial charge is 0.493 e. The number of H-pyrrole nitrogens is 1. The van der Waals surface area contributed by atoms with E-state index in [1.54, 1.807) is 24.3 Å². The Balaban J connectivity index is 1.81. The Kier molecular flexibility index (Phi) is 9.62. The third-order valence-electron chi connectivity index (χ3n) is 6.64. The van der Waals surface area contributed by atoms with Gasteiger partial charge in [0, 0.05) is 37.4 Å². The van der Waals surface area contributed by atoms with Crippen LogP contribution in [0.2, 0.25) is 5.02 Å². The highest BCUT2D eigenvalue weighted by atomic mass is 35.5. The summed E-state index contributed by atoms with van der Waals surface area (Å²) in [5.74, 6) is -1.55. The number of amides is 2. The second-order valence-corrected chi connectivity index (χ2v) is 10.0. The fourth-order valence-corrected chi connectivity index (χ4v) is 4.58. The molecular formula is C29H27ClF4N6O4. The van der Waals surface area contributed by atoms with E-state index < -0.39 is 23.5 Å². The Morgan fingerprint density at radius 2 is 1.86 bits per heavy atom. The molecule has 0 radical (unpaired) electrons. The lowest BCUT2D eigenvalue weighted by atomic mass is 9.97. The maximum atomic E-state index is 15.4. The molecule has 1 N–H and O–H groups in total. The highest BCUT2D eigenvalue weighted by Gasteiger charge is 2.34. The van der Waals surface area contributed by atoms with Crippen LogP contribution in [0.1, 0.15) is 11.4 Å². The number of methoxy groups -OCH3 is 1. The van der Waals surface area contributed by atoms with Crippen molar-refractivity contribution in [3.8, 4) is 22.6 Å². The van der Waals surface area contributed by atoms with Crippen LogP contribution in [-0.4, -0.2) is 62.3 Å². The van der Waals surface area contributed by atoms with Crippen molar-refractivity contribution in [1.82, 2.24) is 15.2 Å². The number of anilines is 3. The quantitative estimate of drug-likeness (QED) is 0.170. The summed E-state index contributed by atoms with van der Waals surface area (Å²) in [5.41, 5.74) is -0.922. The number of likely N-dealkylation sites (N-methyl/N-ethyl adjacent to an activating group) is 2. The standard InChI is InChI=1S/C29H27ClF4N6O4/c1-38(13-26(42)40(3)20-7-5-6-19(30)12-20)23-11-18(29(32,33)34)10-21(27(23)39(2)16-41)17-8-22(31)28(24(9-17)43-4)44-14-25-35-15-36-37-25/h5-12,15-16H,13-14H2,1-4H3,(H,35,36,37). The monoisotopic (exact) mass is 634 g/mol. The van der Waals surface area contributed by atoms with E-state index in [9.17, 15) is 22.8 Å². The summed E-state index contributed by atoms with van der Waals surface area (Å²) in [4.78, 5) is 32.7. The Morgan fingerprint density at radius 1 is 1.11 bits per heavy atom. The number of carbonyl (C=O) groups is 2. The van der Waals surface area contributed by atoms with Crippen molar-refractivity contribution in [3.63, 3.8) is 0 Å². The molecule has 0 saturated carbocycles. The molecule has 4 rings (SSSR count). The average Bonchev–Trinajstić information content (AvgIpc) is 3.51. The van der Waals surface area contributed by atoms with E-state index in [1.165, 1.54) is 50.4 Å². The topological polar surface area (TPSA) is 104 Å². The molecule has 3 aromatic carbocycles. The molecule has 0 bridgehead atoms. The van der Waals surface area contributed by atoms with Crippen LogP contribution < -0.4 is 24.2 Å². The molecule has 10 nitrogen and oxygen atoms in total. The summed E-state index contributed by atoms with van der Waals surface area (Å²) in [6.45, 7) is -0.572. The van der Waals surface area contributed by atoms with E-state index in [0.29, 0.717) is 22.9 Å². The van der Waals surface area contributed by atoms with Crippen LogP contribution >= 0.6 is 11.6 Å². The number of aromatic amines is 1. The van der Waals surface area contributed by atoms with Gasteiger partial charge in [-0.1, -0.05) is 17.7 Å². The van der Waals surface area contributed by atoms with Gasteiger partial charge in [-0.15, -0.1) is 0 Å². The summed E-state index contributed by atoms with van der Waals surface area (Å²) in [7, 11) is 5.48. The lowest BCUT2D eigenvalue weighted by molar-refractivity contribution is -0.137. The molecule has 0 atom stereocenters. The molecule has 0 fully saturated rings. The van der Waals surface area contributed by atoms with Gasteiger partial charge in [0.1, 0.15) is 12.9 Å².